The number of hydrogen-bond donors (Lipinski definition) is 1. The Morgan fingerprint density at radius 1 is 1.50 bits per heavy atom. The van der Waals surface area contributed by atoms with E-state index in [1.165, 1.54) is 0 Å². The van der Waals surface area contributed by atoms with Crippen molar-refractivity contribution in [2.24, 2.45) is 0 Å². The molecular formula is C11H10BrNO. The molecule has 0 aliphatic rings. The third-order valence-corrected chi connectivity index (χ3v) is 2.43. The number of nitrogens with zero attached hydrogens (tertiary/aromatic N) is 1. The predicted molar refractivity (Wildman–Crippen MR) is 59.9 cm³/mol. The molecule has 0 saturated carbocycles. The Balaban J connectivity index is 3.10. The van der Waals surface area contributed by atoms with Crippen LogP contribution in [0, 0.1) is 11.3 Å². The highest BCUT2D eigenvalue weighted by atomic mass is 79.9. The van der Waals surface area contributed by atoms with Crippen LogP contribution >= 0.6 is 15.9 Å². The third-order valence-electron chi connectivity index (χ3n) is 1.82. The van der Waals surface area contributed by atoms with Gasteiger partial charge in [-0.2, -0.15) is 5.26 Å². The molecule has 0 heterocycles. The van der Waals surface area contributed by atoms with Crippen LogP contribution in [-0.4, -0.2) is 11.7 Å². The van der Waals surface area contributed by atoms with Crippen LogP contribution < -0.4 is 0 Å². The molecule has 0 spiro atoms. The molecule has 72 valence electrons. The maximum absolute atomic E-state index is 8.72. The van der Waals surface area contributed by atoms with Gasteiger partial charge in [0.1, 0.15) is 0 Å². The van der Waals surface area contributed by atoms with Crippen molar-refractivity contribution in [3.63, 3.8) is 0 Å². The lowest BCUT2D eigenvalue weighted by molar-refractivity contribution is 0.343. The zero-order valence-corrected chi connectivity index (χ0v) is 9.16. The van der Waals surface area contributed by atoms with Crippen molar-refractivity contribution >= 4 is 22.0 Å². The molecule has 0 aromatic heterocycles. The largest absolute Gasteiger partial charge is 0.392 e. The summed E-state index contributed by atoms with van der Waals surface area (Å²) < 4.78 is 0. The lowest BCUT2D eigenvalue weighted by Gasteiger charge is -2.02. The second-order valence-electron chi connectivity index (χ2n) is 2.74. The van der Waals surface area contributed by atoms with Crippen LogP contribution in [0.5, 0.6) is 0 Å². The predicted octanol–water partition coefficient (Wildman–Crippen LogP) is 2.46. The van der Waals surface area contributed by atoms with E-state index >= 15 is 0 Å². The fourth-order valence-corrected chi connectivity index (χ4v) is 1.63. The lowest BCUT2D eigenvalue weighted by Crippen LogP contribution is -1.86. The van der Waals surface area contributed by atoms with Crippen molar-refractivity contribution < 1.29 is 5.11 Å². The van der Waals surface area contributed by atoms with E-state index in [9.17, 15) is 0 Å². The summed E-state index contributed by atoms with van der Waals surface area (Å²) in [6.45, 7) is 0.0124. The molecule has 0 aliphatic carbocycles. The minimum Gasteiger partial charge on any atom is -0.392 e. The van der Waals surface area contributed by atoms with Crippen molar-refractivity contribution in [3.8, 4) is 6.07 Å². The standard InChI is InChI=1S/C11H10BrNO/c12-7-11-4-3-9(8-13)6-10(11)2-1-5-14/h1-4,6,14H,5,7H2. The molecule has 0 saturated heterocycles. The maximum Gasteiger partial charge on any atom is 0.0991 e. The molecular weight excluding hydrogens is 242 g/mol. The molecule has 14 heavy (non-hydrogen) atoms. The van der Waals surface area contributed by atoms with Crippen LogP contribution in [0.4, 0.5) is 0 Å². The second kappa shape index (κ2) is 5.58. The van der Waals surface area contributed by atoms with Gasteiger partial charge >= 0.3 is 0 Å². The quantitative estimate of drug-likeness (QED) is 0.840. The van der Waals surface area contributed by atoms with E-state index in [0.717, 1.165) is 16.5 Å². The molecule has 2 nitrogen and oxygen atoms in total. The van der Waals surface area contributed by atoms with E-state index in [4.69, 9.17) is 10.4 Å². The number of rotatable bonds is 3. The van der Waals surface area contributed by atoms with Gasteiger partial charge in [0.05, 0.1) is 18.2 Å². The second-order valence-corrected chi connectivity index (χ2v) is 3.30. The molecule has 1 aromatic carbocycles. The van der Waals surface area contributed by atoms with Crippen LogP contribution in [0.1, 0.15) is 16.7 Å². The maximum atomic E-state index is 8.72. The fourth-order valence-electron chi connectivity index (χ4n) is 1.12. The fraction of sp³-hybridized carbons (Fsp3) is 0.182. The summed E-state index contributed by atoms with van der Waals surface area (Å²) in [5.74, 6) is 0. The first-order valence-corrected chi connectivity index (χ1v) is 5.30. The molecule has 0 atom stereocenters. The van der Waals surface area contributed by atoms with Crippen molar-refractivity contribution in [2.75, 3.05) is 6.61 Å². The number of alkyl halides is 1. The Morgan fingerprint density at radius 3 is 2.86 bits per heavy atom. The highest BCUT2D eigenvalue weighted by Gasteiger charge is 1.99. The molecule has 1 N–H and O–H groups in total. The summed E-state index contributed by atoms with van der Waals surface area (Å²) in [7, 11) is 0. The Hall–Kier alpha value is -1.11. The van der Waals surface area contributed by atoms with Gasteiger partial charge in [0.25, 0.3) is 0 Å². The normalized spacial score (nSPS) is 10.4. The van der Waals surface area contributed by atoms with Gasteiger partial charge in [0.2, 0.25) is 0 Å². The summed E-state index contributed by atoms with van der Waals surface area (Å²) in [5.41, 5.74) is 2.70. The van der Waals surface area contributed by atoms with Crippen LogP contribution in [0.3, 0.4) is 0 Å². The molecule has 0 aliphatic heterocycles. The number of halogens is 1. The molecule has 0 amide bonds. The lowest BCUT2D eigenvalue weighted by atomic mass is 10.1. The first-order valence-electron chi connectivity index (χ1n) is 4.18. The summed E-state index contributed by atoms with van der Waals surface area (Å²) in [6, 6.07) is 7.58. The highest BCUT2D eigenvalue weighted by Crippen LogP contribution is 2.16. The van der Waals surface area contributed by atoms with E-state index in [0.29, 0.717) is 5.56 Å². The van der Waals surface area contributed by atoms with Crippen molar-refractivity contribution in [1.29, 1.82) is 5.26 Å². The van der Waals surface area contributed by atoms with E-state index in [1.807, 2.05) is 18.2 Å². The van der Waals surface area contributed by atoms with Crippen LogP contribution in [0.2, 0.25) is 0 Å². The van der Waals surface area contributed by atoms with Crippen LogP contribution in [0.25, 0.3) is 6.08 Å². The molecule has 0 unspecified atom stereocenters. The average molecular weight is 252 g/mol. The van der Waals surface area contributed by atoms with Crippen molar-refractivity contribution in [1.82, 2.24) is 0 Å². The van der Waals surface area contributed by atoms with Crippen molar-refractivity contribution in [2.45, 2.75) is 5.33 Å². The smallest absolute Gasteiger partial charge is 0.0991 e. The SMILES string of the molecule is N#Cc1ccc(CBr)c(C=CCO)c1. The molecule has 1 rings (SSSR count). The summed E-state index contributed by atoms with van der Waals surface area (Å²) in [4.78, 5) is 0. The summed E-state index contributed by atoms with van der Waals surface area (Å²) in [6.07, 6.45) is 3.47. The Bertz CT molecular complexity index is 379. The molecule has 0 fully saturated rings. The summed E-state index contributed by atoms with van der Waals surface area (Å²) >= 11 is 3.37. The molecule has 3 heteroatoms. The zero-order chi connectivity index (χ0) is 10.4. The number of nitriles is 1. The van der Waals surface area contributed by atoms with Gasteiger partial charge in [0, 0.05) is 5.33 Å². The van der Waals surface area contributed by atoms with Gasteiger partial charge in [-0.1, -0.05) is 34.1 Å². The third kappa shape index (κ3) is 2.69. The van der Waals surface area contributed by atoms with E-state index < -0.39 is 0 Å². The first-order chi connectivity index (χ1) is 6.81. The van der Waals surface area contributed by atoms with Gasteiger partial charge in [-0.05, 0) is 23.3 Å². The van der Waals surface area contributed by atoms with Crippen LogP contribution in [0.15, 0.2) is 24.3 Å². The first kappa shape index (κ1) is 11.0. The Kier molecular flexibility index (Phi) is 4.37. The zero-order valence-electron chi connectivity index (χ0n) is 7.57. The molecule has 0 bridgehead atoms. The van der Waals surface area contributed by atoms with E-state index in [2.05, 4.69) is 22.0 Å². The topological polar surface area (TPSA) is 44.0 Å². The minimum atomic E-state index is 0.0124. The van der Waals surface area contributed by atoms with Gasteiger partial charge in [-0.15, -0.1) is 0 Å². The van der Waals surface area contributed by atoms with Gasteiger partial charge in [-0.3, -0.25) is 0 Å². The van der Waals surface area contributed by atoms with E-state index in [-0.39, 0.29) is 6.61 Å². The van der Waals surface area contributed by atoms with Gasteiger partial charge in [-0.25, -0.2) is 0 Å². The Morgan fingerprint density at radius 2 is 2.29 bits per heavy atom. The average Bonchev–Trinajstić information content (AvgIpc) is 2.25. The Labute approximate surface area is 91.6 Å². The number of aliphatic hydroxyl groups is 1. The summed E-state index contributed by atoms with van der Waals surface area (Å²) in [5, 5.41) is 18.1. The van der Waals surface area contributed by atoms with Gasteiger partial charge < -0.3 is 5.11 Å². The number of benzene rings is 1. The van der Waals surface area contributed by atoms with Gasteiger partial charge in [0.15, 0.2) is 0 Å². The van der Waals surface area contributed by atoms with Crippen molar-refractivity contribution in [3.05, 3.63) is 41.0 Å². The molecule has 1 aromatic rings. The number of aliphatic hydroxyl groups excluding tert-OH is 1. The highest BCUT2D eigenvalue weighted by molar-refractivity contribution is 9.08. The van der Waals surface area contributed by atoms with E-state index in [1.54, 1.807) is 12.1 Å². The minimum absolute atomic E-state index is 0.0124. The molecule has 0 radical (unpaired) electrons. The van der Waals surface area contributed by atoms with Crippen LogP contribution in [-0.2, 0) is 5.33 Å². The number of hydrogen-bond acceptors (Lipinski definition) is 2. The monoisotopic (exact) mass is 251 g/mol.